The lowest BCUT2D eigenvalue weighted by Gasteiger charge is -2.20. The Balaban J connectivity index is 2.32. The predicted molar refractivity (Wildman–Crippen MR) is 87.6 cm³/mol. The van der Waals surface area contributed by atoms with Crippen molar-refractivity contribution in [2.45, 2.75) is 5.75 Å². The number of aromatic nitrogens is 1. The molecule has 0 radical (unpaired) electrons. The van der Waals surface area contributed by atoms with E-state index in [1.807, 2.05) is 0 Å². The van der Waals surface area contributed by atoms with Gasteiger partial charge < -0.3 is 5.73 Å². The van der Waals surface area contributed by atoms with Crippen molar-refractivity contribution in [1.29, 1.82) is 0 Å². The van der Waals surface area contributed by atoms with Crippen molar-refractivity contribution in [1.82, 2.24) is 4.98 Å². The number of nitrogens with zero attached hydrogens (tertiary/aromatic N) is 2. The number of benzene rings is 1. The van der Waals surface area contributed by atoms with Gasteiger partial charge in [-0.3, -0.25) is 9.29 Å². The average molecular weight is 321 g/mol. The van der Waals surface area contributed by atoms with E-state index in [2.05, 4.69) is 4.98 Å². The van der Waals surface area contributed by atoms with Gasteiger partial charge in [-0.15, -0.1) is 0 Å². The van der Waals surface area contributed by atoms with Crippen LogP contribution in [0.1, 0.15) is 11.1 Å². The lowest BCUT2D eigenvalue weighted by molar-refractivity contribution is 0.593. The summed E-state index contributed by atoms with van der Waals surface area (Å²) in [7, 11) is -2.02. The van der Waals surface area contributed by atoms with Gasteiger partial charge in [-0.1, -0.05) is 36.5 Å². The Morgan fingerprint density at radius 1 is 1.24 bits per heavy atom. The fourth-order valence-corrected chi connectivity index (χ4v) is 3.37. The first-order valence-electron chi connectivity index (χ1n) is 6.16. The molecule has 1 aromatic carbocycles. The van der Waals surface area contributed by atoms with Crippen molar-refractivity contribution in [3.63, 3.8) is 0 Å². The Bertz CT molecular complexity index is 746. The Morgan fingerprint density at radius 2 is 1.86 bits per heavy atom. The quantitative estimate of drug-likeness (QED) is 0.848. The zero-order chi connectivity index (χ0) is 15.5. The molecule has 0 fully saturated rings. The van der Waals surface area contributed by atoms with E-state index >= 15 is 0 Å². The predicted octanol–water partition coefficient (Wildman–Crippen LogP) is 1.68. The molecule has 2 N–H and O–H groups in total. The van der Waals surface area contributed by atoms with Gasteiger partial charge in [0, 0.05) is 25.0 Å². The third-order valence-corrected chi connectivity index (χ3v) is 5.01. The molecular weight excluding hydrogens is 306 g/mol. The molecule has 0 saturated heterocycles. The SMILES string of the molecule is CN(c1ccncc1)S(=O)(=O)Cc1ccccc1C(N)=S. The average Bonchev–Trinajstić information content (AvgIpc) is 2.47. The van der Waals surface area contributed by atoms with Crippen molar-refractivity contribution in [3.8, 4) is 0 Å². The molecule has 0 unspecified atom stereocenters. The minimum Gasteiger partial charge on any atom is -0.389 e. The topological polar surface area (TPSA) is 76.3 Å². The smallest absolute Gasteiger partial charge is 0.239 e. The van der Waals surface area contributed by atoms with Crippen molar-refractivity contribution in [2.75, 3.05) is 11.4 Å². The van der Waals surface area contributed by atoms with Crippen LogP contribution in [0.5, 0.6) is 0 Å². The second-order valence-corrected chi connectivity index (χ2v) is 6.89. The summed E-state index contributed by atoms with van der Waals surface area (Å²) in [4.78, 5) is 4.06. The van der Waals surface area contributed by atoms with E-state index in [0.717, 1.165) is 0 Å². The minimum absolute atomic E-state index is 0.167. The molecule has 2 aromatic rings. The monoisotopic (exact) mass is 321 g/mol. The van der Waals surface area contributed by atoms with E-state index in [1.165, 1.54) is 11.4 Å². The summed E-state index contributed by atoms with van der Waals surface area (Å²) in [6, 6.07) is 10.2. The van der Waals surface area contributed by atoms with Gasteiger partial charge in [0.2, 0.25) is 10.0 Å². The maximum absolute atomic E-state index is 12.5. The second kappa shape index (κ2) is 6.19. The number of sulfonamides is 1. The fourth-order valence-electron chi connectivity index (χ4n) is 1.89. The van der Waals surface area contributed by atoms with Crippen molar-refractivity contribution < 1.29 is 8.42 Å². The molecule has 5 nitrogen and oxygen atoms in total. The van der Waals surface area contributed by atoms with E-state index in [9.17, 15) is 8.42 Å². The van der Waals surface area contributed by atoms with Crippen LogP contribution in [0, 0.1) is 0 Å². The zero-order valence-electron chi connectivity index (χ0n) is 11.4. The molecule has 0 saturated carbocycles. The molecule has 1 aromatic heterocycles. The van der Waals surface area contributed by atoms with Crippen LogP contribution in [0.4, 0.5) is 5.69 Å². The number of hydrogen-bond donors (Lipinski definition) is 1. The highest BCUT2D eigenvalue weighted by molar-refractivity contribution is 7.92. The maximum atomic E-state index is 12.5. The highest BCUT2D eigenvalue weighted by Crippen LogP contribution is 2.19. The van der Waals surface area contributed by atoms with E-state index < -0.39 is 10.0 Å². The molecule has 0 bridgehead atoms. The number of nitrogens with two attached hydrogens (primary N) is 1. The van der Waals surface area contributed by atoms with E-state index in [0.29, 0.717) is 16.8 Å². The van der Waals surface area contributed by atoms with Gasteiger partial charge in [0.25, 0.3) is 0 Å². The van der Waals surface area contributed by atoms with Gasteiger partial charge in [-0.2, -0.15) is 0 Å². The summed E-state index contributed by atoms with van der Waals surface area (Å²) in [5.74, 6) is -0.167. The number of pyridine rings is 1. The second-order valence-electron chi connectivity index (χ2n) is 4.45. The van der Waals surface area contributed by atoms with Crippen LogP contribution in [-0.2, 0) is 15.8 Å². The summed E-state index contributed by atoms with van der Waals surface area (Å²) in [6.07, 6.45) is 3.09. The van der Waals surface area contributed by atoms with Crippen molar-refractivity contribution >= 4 is 32.9 Å². The van der Waals surface area contributed by atoms with Crippen LogP contribution in [0.2, 0.25) is 0 Å². The number of hydrogen-bond acceptors (Lipinski definition) is 4. The summed E-state index contributed by atoms with van der Waals surface area (Å²) in [5.41, 5.74) is 7.36. The van der Waals surface area contributed by atoms with Crippen LogP contribution in [0.15, 0.2) is 48.8 Å². The summed E-state index contributed by atoms with van der Waals surface area (Å²) < 4.78 is 26.2. The van der Waals surface area contributed by atoms with Gasteiger partial charge in [-0.05, 0) is 17.7 Å². The highest BCUT2D eigenvalue weighted by Gasteiger charge is 2.21. The Hall–Kier alpha value is -1.99. The van der Waals surface area contributed by atoms with E-state index in [-0.39, 0.29) is 10.7 Å². The normalized spacial score (nSPS) is 11.1. The zero-order valence-corrected chi connectivity index (χ0v) is 13.1. The molecule has 0 spiro atoms. The Kier molecular flexibility index (Phi) is 4.54. The molecule has 0 aliphatic rings. The highest BCUT2D eigenvalue weighted by atomic mass is 32.2. The van der Waals surface area contributed by atoms with Gasteiger partial charge >= 0.3 is 0 Å². The van der Waals surface area contributed by atoms with E-state index in [4.69, 9.17) is 18.0 Å². The number of rotatable bonds is 5. The lowest BCUT2D eigenvalue weighted by Crippen LogP contribution is -2.28. The fraction of sp³-hybridized carbons (Fsp3) is 0.143. The van der Waals surface area contributed by atoms with Gasteiger partial charge in [0.1, 0.15) is 4.99 Å². The molecule has 2 rings (SSSR count). The molecule has 0 atom stereocenters. The molecule has 110 valence electrons. The lowest BCUT2D eigenvalue weighted by atomic mass is 10.1. The summed E-state index contributed by atoms with van der Waals surface area (Å²) >= 11 is 4.96. The molecule has 0 aliphatic carbocycles. The summed E-state index contributed by atoms with van der Waals surface area (Å²) in [6.45, 7) is 0. The maximum Gasteiger partial charge on any atom is 0.239 e. The van der Waals surface area contributed by atoms with Crippen LogP contribution in [0.3, 0.4) is 0 Å². The molecule has 0 amide bonds. The Labute approximate surface area is 129 Å². The molecule has 0 aliphatic heterocycles. The largest absolute Gasteiger partial charge is 0.389 e. The van der Waals surface area contributed by atoms with Gasteiger partial charge in [-0.25, -0.2) is 8.42 Å². The third-order valence-electron chi connectivity index (χ3n) is 3.06. The van der Waals surface area contributed by atoms with Crippen molar-refractivity contribution in [3.05, 3.63) is 59.9 Å². The Morgan fingerprint density at radius 3 is 2.48 bits per heavy atom. The minimum atomic E-state index is -3.53. The first-order chi connectivity index (χ1) is 9.92. The summed E-state index contributed by atoms with van der Waals surface area (Å²) in [5, 5.41) is 0. The molecular formula is C14H15N3O2S2. The standard InChI is InChI=1S/C14H15N3O2S2/c1-17(12-6-8-16-9-7-12)21(18,19)10-11-4-2-3-5-13(11)14(15)20/h2-9H,10H2,1H3,(H2,15,20). The third kappa shape index (κ3) is 3.56. The molecule has 1 heterocycles. The number of anilines is 1. The van der Waals surface area contributed by atoms with E-state index in [1.54, 1.807) is 48.8 Å². The van der Waals surface area contributed by atoms with Gasteiger partial charge in [0.15, 0.2) is 0 Å². The first kappa shape index (κ1) is 15.4. The molecule has 7 heteroatoms. The van der Waals surface area contributed by atoms with Crippen LogP contribution >= 0.6 is 12.2 Å². The first-order valence-corrected chi connectivity index (χ1v) is 8.18. The van der Waals surface area contributed by atoms with Crippen LogP contribution in [-0.4, -0.2) is 25.4 Å². The van der Waals surface area contributed by atoms with Crippen LogP contribution < -0.4 is 10.0 Å². The van der Waals surface area contributed by atoms with Crippen LogP contribution in [0.25, 0.3) is 0 Å². The number of thiocarbonyl (C=S) groups is 1. The molecule has 21 heavy (non-hydrogen) atoms. The van der Waals surface area contributed by atoms with Crippen molar-refractivity contribution in [2.24, 2.45) is 5.73 Å². The van der Waals surface area contributed by atoms with Gasteiger partial charge in [0.05, 0.1) is 11.4 Å².